The van der Waals surface area contributed by atoms with E-state index in [9.17, 15) is 0 Å². The van der Waals surface area contributed by atoms with Crippen LogP contribution in [-0.2, 0) is 12.8 Å². The average molecular weight is 256 g/mol. The van der Waals surface area contributed by atoms with Crippen LogP contribution in [0.4, 0.5) is 0 Å². The molecule has 2 fully saturated rings. The van der Waals surface area contributed by atoms with Crippen molar-refractivity contribution in [2.45, 2.75) is 56.7 Å². The summed E-state index contributed by atoms with van der Waals surface area (Å²) in [5.74, 6) is 0. The lowest BCUT2D eigenvalue weighted by molar-refractivity contribution is 0.308. The number of likely N-dealkylation sites (tertiary alicyclic amines) is 1. The van der Waals surface area contributed by atoms with E-state index in [1.165, 1.54) is 51.6 Å². The maximum absolute atomic E-state index is 3.93. The summed E-state index contributed by atoms with van der Waals surface area (Å²) in [5.41, 5.74) is 3.15. The first-order valence-corrected chi connectivity index (χ1v) is 7.95. The van der Waals surface area contributed by atoms with E-state index in [2.05, 4.69) is 34.5 Å². The molecule has 2 nitrogen and oxygen atoms in total. The van der Waals surface area contributed by atoms with Crippen molar-refractivity contribution in [1.29, 1.82) is 0 Å². The van der Waals surface area contributed by atoms with Crippen LogP contribution in [0.15, 0.2) is 24.3 Å². The lowest BCUT2D eigenvalue weighted by atomic mass is 9.88. The molecular formula is C17H24N2. The third kappa shape index (κ3) is 2.56. The molecule has 3 aliphatic rings. The van der Waals surface area contributed by atoms with Gasteiger partial charge in [-0.25, -0.2) is 0 Å². The summed E-state index contributed by atoms with van der Waals surface area (Å²) >= 11 is 0. The molecule has 1 saturated carbocycles. The van der Waals surface area contributed by atoms with Gasteiger partial charge in [0, 0.05) is 31.2 Å². The van der Waals surface area contributed by atoms with Gasteiger partial charge < -0.3 is 5.32 Å². The molecule has 0 aromatic heterocycles. The molecule has 102 valence electrons. The van der Waals surface area contributed by atoms with Crippen molar-refractivity contribution in [3.8, 4) is 0 Å². The fourth-order valence-corrected chi connectivity index (χ4v) is 3.87. The van der Waals surface area contributed by atoms with Crippen LogP contribution in [0.2, 0.25) is 0 Å². The molecule has 0 bridgehead atoms. The molecule has 0 spiro atoms. The fraction of sp³-hybridized carbons (Fsp3) is 0.647. The highest BCUT2D eigenvalue weighted by molar-refractivity contribution is 5.30. The Kier molecular flexibility index (Phi) is 3.08. The monoisotopic (exact) mass is 256 g/mol. The molecule has 1 aliphatic heterocycles. The first-order valence-electron chi connectivity index (χ1n) is 7.95. The van der Waals surface area contributed by atoms with Crippen molar-refractivity contribution in [2.24, 2.45) is 0 Å². The van der Waals surface area contributed by atoms with E-state index in [1.807, 2.05) is 0 Å². The summed E-state index contributed by atoms with van der Waals surface area (Å²) in [5, 5.41) is 3.93. The Hall–Kier alpha value is -0.860. The van der Waals surface area contributed by atoms with Crippen LogP contribution < -0.4 is 5.32 Å². The number of hydrogen-bond donors (Lipinski definition) is 1. The number of fused-ring (bicyclic) bond motifs is 1. The first-order chi connectivity index (χ1) is 9.38. The quantitative estimate of drug-likeness (QED) is 0.893. The van der Waals surface area contributed by atoms with Gasteiger partial charge in [0.05, 0.1) is 0 Å². The van der Waals surface area contributed by atoms with Crippen molar-refractivity contribution in [2.75, 3.05) is 13.1 Å². The van der Waals surface area contributed by atoms with E-state index < -0.39 is 0 Å². The maximum atomic E-state index is 3.93. The largest absolute Gasteiger partial charge is 0.310 e. The third-order valence-corrected chi connectivity index (χ3v) is 5.10. The topological polar surface area (TPSA) is 15.3 Å². The van der Waals surface area contributed by atoms with Crippen molar-refractivity contribution in [3.63, 3.8) is 0 Å². The second-order valence-corrected chi connectivity index (χ2v) is 6.59. The molecule has 2 unspecified atom stereocenters. The van der Waals surface area contributed by atoms with Gasteiger partial charge in [0.15, 0.2) is 0 Å². The van der Waals surface area contributed by atoms with Crippen molar-refractivity contribution in [1.82, 2.24) is 10.2 Å². The number of rotatable bonds is 3. The average Bonchev–Trinajstić information content (AvgIpc) is 3.20. The molecule has 2 aliphatic carbocycles. The Bertz CT molecular complexity index is 452. The van der Waals surface area contributed by atoms with Gasteiger partial charge in [0.25, 0.3) is 0 Å². The second kappa shape index (κ2) is 4.92. The van der Waals surface area contributed by atoms with Crippen LogP contribution in [-0.4, -0.2) is 36.1 Å². The molecule has 0 amide bonds. The Morgan fingerprint density at radius 3 is 2.63 bits per heavy atom. The van der Waals surface area contributed by atoms with Crippen molar-refractivity contribution in [3.05, 3.63) is 35.4 Å². The summed E-state index contributed by atoms with van der Waals surface area (Å²) < 4.78 is 0. The first kappa shape index (κ1) is 11.9. The Balaban J connectivity index is 1.34. The van der Waals surface area contributed by atoms with Crippen molar-refractivity contribution < 1.29 is 0 Å². The summed E-state index contributed by atoms with van der Waals surface area (Å²) in [7, 11) is 0. The molecule has 1 heterocycles. The van der Waals surface area contributed by atoms with E-state index in [-0.39, 0.29) is 0 Å². The zero-order valence-electron chi connectivity index (χ0n) is 11.6. The molecule has 4 rings (SSSR count). The SMILES string of the molecule is c1ccc2c(c1)CCC(NC1CCN(C3CC3)C1)C2. The highest BCUT2D eigenvalue weighted by Gasteiger charge is 2.35. The van der Waals surface area contributed by atoms with Gasteiger partial charge in [-0.15, -0.1) is 0 Å². The summed E-state index contributed by atoms with van der Waals surface area (Å²) in [6, 6.07) is 11.4. The zero-order valence-corrected chi connectivity index (χ0v) is 11.6. The minimum atomic E-state index is 0.707. The highest BCUT2D eigenvalue weighted by atomic mass is 15.2. The minimum absolute atomic E-state index is 0.707. The van der Waals surface area contributed by atoms with Gasteiger partial charge in [-0.1, -0.05) is 24.3 Å². The molecule has 1 aromatic rings. The minimum Gasteiger partial charge on any atom is -0.310 e. The number of nitrogens with zero attached hydrogens (tertiary/aromatic N) is 1. The van der Waals surface area contributed by atoms with Crippen LogP contribution >= 0.6 is 0 Å². The lowest BCUT2D eigenvalue weighted by Crippen LogP contribution is -2.43. The zero-order chi connectivity index (χ0) is 12.7. The van der Waals surface area contributed by atoms with E-state index in [4.69, 9.17) is 0 Å². The van der Waals surface area contributed by atoms with Crippen LogP contribution in [0.3, 0.4) is 0 Å². The number of benzene rings is 1. The molecule has 2 atom stereocenters. The Morgan fingerprint density at radius 2 is 1.79 bits per heavy atom. The standard InChI is InChI=1S/C17H24N2/c1-2-4-14-11-15(6-5-13(14)3-1)18-16-9-10-19(12-16)17-7-8-17/h1-4,15-18H,5-12H2. The normalized spacial score (nSPS) is 31.4. The van der Waals surface area contributed by atoms with Gasteiger partial charge in [0.1, 0.15) is 0 Å². The summed E-state index contributed by atoms with van der Waals surface area (Å²) in [4.78, 5) is 2.70. The van der Waals surface area contributed by atoms with Gasteiger partial charge in [-0.2, -0.15) is 0 Å². The lowest BCUT2D eigenvalue weighted by Gasteiger charge is -2.28. The summed E-state index contributed by atoms with van der Waals surface area (Å²) in [6.07, 6.45) is 8.06. The molecule has 1 aromatic carbocycles. The van der Waals surface area contributed by atoms with Crippen LogP contribution in [0, 0.1) is 0 Å². The van der Waals surface area contributed by atoms with Crippen LogP contribution in [0.1, 0.15) is 36.8 Å². The van der Waals surface area contributed by atoms with Gasteiger partial charge in [0.2, 0.25) is 0 Å². The number of hydrogen-bond acceptors (Lipinski definition) is 2. The Labute approximate surface area is 116 Å². The molecule has 2 heteroatoms. The summed E-state index contributed by atoms with van der Waals surface area (Å²) in [6.45, 7) is 2.62. The molecule has 1 N–H and O–H groups in total. The van der Waals surface area contributed by atoms with E-state index in [1.54, 1.807) is 11.1 Å². The van der Waals surface area contributed by atoms with E-state index >= 15 is 0 Å². The Morgan fingerprint density at radius 1 is 0.947 bits per heavy atom. The van der Waals surface area contributed by atoms with Gasteiger partial charge >= 0.3 is 0 Å². The molecule has 0 radical (unpaired) electrons. The fourth-order valence-electron chi connectivity index (χ4n) is 3.87. The van der Waals surface area contributed by atoms with E-state index in [0.29, 0.717) is 6.04 Å². The number of aryl methyl sites for hydroxylation is 1. The number of nitrogens with one attached hydrogen (secondary N) is 1. The smallest absolute Gasteiger partial charge is 0.0210 e. The van der Waals surface area contributed by atoms with Crippen LogP contribution in [0.25, 0.3) is 0 Å². The molecule has 1 saturated heterocycles. The predicted molar refractivity (Wildman–Crippen MR) is 78.4 cm³/mol. The third-order valence-electron chi connectivity index (χ3n) is 5.10. The maximum Gasteiger partial charge on any atom is 0.0210 e. The van der Waals surface area contributed by atoms with Gasteiger partial charge in [-0.3, -0.25) is 4.90 Å². The van der Waals surface area contributed by atoms with E-state index in [0.717, 1.165) is 12.1 Å². The van der Waals surface area contributed by atoms with Gasteiger partial charge in [-0.05, 0) is 49.7 Å². The molecule has 19 heavy (non-hydrogen) atoms. The second-order valence-electron chi connectivity index (χ2n) is 6.59. The van der Waals surface area contributed by atoms with Crippen molar-refractivity contribution >= 4 is 0 Å². The van der Waals surface area contributed by atoms with Crippen LogP contribution in [0.5, 0.6) is 0 Å². The predicted octanol–water partition coefficient (Wildman–Crippen LogP) is 2.37. The highest BCUT2D eigenvalue weighted by Crippen LogP contribution is 2.30. The molecular weight excluding hydrogens is 232 g/mol.